The number of benzene rings is 1. The quantitative estimate of drug-likeness (QED) is 0.618. The van der Waals surface area contributed by atoms with E-state index in [9.17, 15) is 0 Å². The van der Waals surface area contributed by atoms with Crippen LogP contribution in [-0.2, 0) is 6.42 Å². The Bertz CT molecular complexity index is 379. The summed E-state index contributed by atoms with van der Waals surface area (Å²) in [6.45, 7) is 3.43. The van der Waals surface area contributed by atoms with E-state index in [1.165, 1.54) is 66.9 Å². The van der Waals surface area contributed by atoms with E-state index in [-0.39, 0.29) is 0 Å². The van der Waals surface area contributed by atoms with Gasteiger partial charge in [-0.1, -0.05) is 51.2 Å². The zero-order chi connectivity index (χ0) is 14.9. The molecule has 0 saturated heterocycles. The van der Waals surface area contributed by atoms with Crippen molar-refractivity contribution in [1.82, 2.24) is 5.32 Å². The first kappa shape index (κ1) is 17.3. The third-order valence-electron chi connectivity index (χ3n) is 4.74. The van der Waals surface area contributed by atoms with E-state index in [1.54, 1.807) is 0 Å². The molecule has 2 heteroatoms. The molecule has 1 aliphatic rings. The summed E-state index contributed by atoms with van der Waals surface area (Å²) in [6.07, 6.45) is 12.5. The van der Waals surface area contributed by atoms with E-state index >= 15 is 0 Å². The largest absolute Gasteiger partial charge is 0.313 e. The molecule has 21 heavy (non-hydrogen) atoms. The molecule has 0 aliphatic heterocycles. The van der Waals surface area contributed by atoms with Crippen molar-refractivity contribution in [2.45, 2.75) is 70.8 Å². The summed E-state index contributed by atoms with van der Waals surface area (Å²) in [5.74, 6) is 0.871. The summed E-state index contributed by atoms with van der Waals surface area (Å²) in [6, 6.07) is 9.77. The summed E-state index contributed by atoms with van der Waals surface area (Å²) in [4.78, 5) is 0. The fourth-order valence-corrected chi connectivity index (χ4v) is 3.86. The summed E-state index contributed by atoms with van der Waals surface area (Å²) in [5, 5.41) is 3.85. The lowest BCUT2D eigenvalue weighted by molar-refractivity contribution is 0.283. The maximum absolute atomic E-state index is 3.85. The average molecular weight is 399 g/mol. The van der Waals surface area contributed by atoms with Crippen LogP contribution < -0.4 is 5.32 Å². The highest BCUT2D eigenvalue weighted by atomic mass is 127. The van der Waals surface area contributed by atoms with Gasteiger partial charge in [-0.2, -0.15) is 0 Å². The minimum atomic E-state index is 0.670. The second kappa shape index (κ2) is 9.83. The molecule has 0 bridgehead atoms. The molecule has 1 N–H and O–H groups in total. The summed E-state index contributed by atoms with van der Waals surface area (Å²) >= 11 is 2.39. The zero-order valence-electron chi connectivity index (χ0n) is 13.4. The van der Waals surface area contributed by atoms with Crippen molar-refractivity contribution in [2.24, 2.45) is 5.92 Å². The van der Waals surface area contributed by atoms with Gasteiger partial charge in [0.25, 0.3) is 0 Å². The summed E-state index contributed by atoms with van der Waals surface area (Å²) in [5.41, 5.74) is 1.49. The number of hydrogen-bond donors (Lipinski definition) is 1. The molecule has 1 saturated carbocycles. The first-order chi connectivity index (χ1) is 10.3. The highest BCUT2D eigenvalue weighted by Crippen LogP contribution is 2.26. The molecule has 0 heterocycles. The first-order valence-corrected chi connectivity index (χ1v) is 9.85. The van der Waals surface area contributed by atoms with Gasteiger partial charge in [-0.3, -0.25) is 0 Å². The highest BCUT2D eigenvalue weighted by Gasteiger charge is 2.21. The number of nitrogens with one attached hydrogen (secondary N) is 1. The van der Waals surface area contributed by atoms with Crippen molar-refractivity contribution in [2.75, 3.05) is 6.54 Å². The molecule has 1 fully saturated rings. The Morgan fingerprint density at radius 3 is 2.29 bits per heavy atom. The van der Waals surface area contributed by atoms with Crippen molar-refractivity contribution in [1.29, 1.82) is 0 Å². The van der Waals surface area contributed by atoms with E-state index in [4.69, 9.17) is 0 Å². The molecule has 0 radical (unpaired) electrons. The average Bonchev–Trinajstić information content (AvgIpc) is 2.46. The predicted molar refractivity (Wildman–Crippen MR) is 101 cm³/mol. The monoisotopic (exact) mass is 399 g/mol. The fraction of sp³-hybridized carbons (Fsp3) is 0.684. The van der Waals surface area contributed by atoms with Crippen LogP contribution in [0.4, 0.5) is 0 Å². The lowest BCUT2D eigenvalue weighted by atomic mass is 9.83. The van der Waals surface area contributed by atoms with Gasteiger partial charge < -0.3 is 5.32 Å². The lowest BCUT2D eigenvalue weighted by Crippen LogP contribution is -2.39. The summed E-state index contributed by atoms with van der Waals surface area (Å²) in [7, 11) is 0. The van der Waals surface area contributed by atoms with Crippen LogP contribution in [-0.4, -0.2) is 12.6 Å². The Labute approximate surface area is 144 Å². The van der Waals surface area contributed by atoms with Crippen LogP contribution in [0.15, 0.2) is 24.3 Å². The molecule has 1 aliphatic carbocycles. The Morgan fingerprint density at radius 2 is 1.67 bits per heavy atom. The van der Waals surface area contributed by atoms with Crippen molar-refractivity contribution >= 4 is 22.6 Å². The van der Waals surface area contributed by atoms with Gasteiger partial charge in [0.2, 0.25) is 0 Å². The Balaban J connectivity index is 1.99. The van der Waals surface area contributed by atoms with Crippen LogP contribution >= 0.6 is 22.6 Å². The molecule has 1 aromatic rings. The molecule has 0 aromatic heterocycles. The van der Waals surface area contributed by atoms with Gasteiger partial charge in [-0.25, -0.2) is 0 Å². The first-order valence-electron chi connectivity index (χ1n) is 8.77. The molecule has 0 amide bonds. The van der Waals surface area contributed by atoms with Crippen LogP contribution in [0.2, 0.25) is 0 Å². The Kier molecular flexibility index (Phi) is 8.08. The molecule has 0 spiro atoms. The van der Waals surface area contributed by atoms with Gasteiger partial charge >= 0.3 is 0 Å². The zero-order valence-corrected chi connectivity index (χ0v) is 15.6. The molecule has 2 rings (SSSR count). The fourth-order valence-electron chi connectivity index (χ4n) is 3.50. The molecule has 1 atom stereocenters. The van der Waals surface area contributed by atoms with Gasteiger partial charge in [0, 0.05) is 9.61 Å². The standard InChI is InChI=1S/C19H30IN/c1-2-14-21-19(15-16-10-12-18(20)13-11-16)17-8-6-4-3-5-7-9-17/h10-13,17,19,21H,2-9,14-15H2,1H3. The van der Waals surface area contributed by atoms with E-state index in [0.717, 1.165) is 12.5 Å². The highest BCUT2D eigenvalue weighted by molar-refractivity contribution is 14.1. The van der Waals surface area contributed by atoms with Gasteiger partial charge in [0.15, 0.2) is 0 Å². The van der Waals surface area contributed by atoms with E-state index in [2.05, 4.69) is 59.1 Å². The third-order valence-corrected chi connectivity index (χ3v) is 5.46. The second-order valence-electron chi connectivity index (χ2n) is 6.50. The van der Waals surface area contributed by atoms with Gasteiger partial charge in [0.05, 0.1) is 0 Å². The number of rotatable bonds is 6. The smallest absolute Gasteiger partial charge is 0.0136 e. The Hall–Kier alpha value is -0.0900. The normalized spacial score (nSPS) is 19.0. The molecule has 1 aromatic carbocycles. The molecular weight excluding hydrogens is 369 g/mol. The van der Waals surface area contributed by atoms with Crippen LogP contribution in [0.25, 0.3) is 0 Å². The maximum Gasteiger partial charge on any atom is 0.0136 e. The minimum Gasteiger partial charge on any atom is -0.313 e. The number of halogens is 1. The SMILES string of the molecule is CCCNC(Cc1ccc(I)cc1)C1CCCCCCC1. The molecule has 118 valence electrons. The van der Waals surface area contributed by atoms with E-state index < -0.39 is 0 Å². The third kappa shape index (κ3) is 6.27. The molecule has 1 unspecified atom stereocenters. The maximum atomic E-state index is 3.85. The Morgan fingerprint density at radius 1 is 1.05 bits per heavy atom. The van der Waals surface area contributed by atoms with Crippen molar-refractivity contribution in [3.05, 3.63) is 33.4 Å². The minimum absolute atomic E-state index is 0.670. The van der Waals surface area contributed by atoms with E-state index in [1.807, 2.05) is 0 Å². The molecular formula is C19H30IN. The van der Waals surface area contributed by atoms with Crippen LogP contribution in [0.5, 0.6) is 0 Å². The van der Waals surface area contributed by atoms with Gasteiger partial charge in [-0.05, 0) is 78.4 Å². The van der Waals surface area contributed by atoms with Gasteiger partial charge in [0.1, 0.15) is 0 Å². The lowest BCUT2D eigenvalue weighted by Gasteiger charge is -2.30. The number of hydrogen-bond acceptors (Lipinski definition) is 1. The topological polar surface area (TPSA) is 12.0 Å². The van der Waals surface area contributed by atoms with Crippen molar-refractivity contribution in [3.8, 4) is 0 Å². The van der Waals surface area contributed by atoms with Crippen LogP contribution in [0.1, 0.15) is 63.9 Å². The van der Waals surface area contributed by atoms with Crippen LogP contribution in [0, 0.1) is 9.49 Å². The van der Waals surface area contributed by atoms with Crippen molar-refractivity contribution < 1.29 is 0 Å². The van der Waals surface area contributed by atoms with Crippen LogP contribution in [0.3, 0.4) is 0 Å². The summed E-state index contributed by atoms with van der Waals surface area (Å²) < 4.78 is 1.33. The molecule has 1 nitrogen and oxygen atoms in total. The van der Waals surface area contributed by atoms with Gasteiger partial charge in [-0.15, -0.1) is 0 Å². The van der Waals surface area contributed by atoms with Crippen molar-refractivity contribution in [3.63, 3.8) is 0 Å². The van der Waals surface area contributed by atoms with E-state index in [0.29, 0.717) is 6.04 Å². The second-order valence-corrected chi connectivity index (χ2v) is 7.74. The predicted octanol–water partition coefficient (Wildman–Crippen LogP) is 5.56.